The van der Waals surface area contributed by atoms with Gasteiger partial charge in [0.1, 0.15) is 6.04 Å². The Kier molecular flexibility index (Phi) is 7.37. The molecule has 2 aromatic carbocycles. The van der Waals surface area contributed by atoms with Gasteiger partial charge in [-0.2, -0.15) is 13.2 Å². The number of fused-ring (bicyclic) bond motifs is 1. The van der Waals surface area contributed by atoms with Crippen molar-refractivity contribution in [1.82, 2.24) is 9.80 Å². The van der Waals surface area contributed by atoms with Crippen molar-refractivity contribution in [3.8, 4) is 0 Å². The largest absolute Gasteiger partial charge is 0.421 e. The smallest absolute Gasteiger partial charge is 0.376 e. The Bertz CT molecular complexity index is 1380. The second kappa shape index (κ2) is 9.90. The number of aliphatic hydroxyl groups is 1. The number of hydrogen-bond donors (Lipinski definition) is 2. The first-order chi connectivity index (χ1) is 18.0. The lowest BCUT2D eigenvalue weighted by molar-refractivity contribution is -0.258. The number of carbonyl (C=O) groups excluding carboxylic acids is 2. The molecule has 1 aliphatic carbocycles. The minimum Gasteiger partial charge on any atom is -0.376 e. The zero-order valence-electron chi connectivity index (χ0n) is 22.2. The van der Waals surface area contributed by atoms with Crippen molar-refractivity contribution in [1.29, 1.82) is 0 Å². The van der Waals surface area contributed by atoms with Gasteiger partial charge in [-0.3, -0.25) is 9.59 Å². The van der Waals surface area contributed by atoms with E-state index in [1.165, 1.54) is 42.2 Å². The lowest BCUT2D eigenvalue weighted by Gasteiger charge is -2.29. The molecular weight excluding hydrogens is 535 g/mol. The van der Waals surface area contributed by atoms with Gasteiger partial charge in [-0.05, 0) is 74.8 Å². The Balaban J connectivity index is 1.63. The molecule has 2 aliphatic rings. The number of amides is 2. The fraction of sp³-hybridized carbons (Fsp3) is 0.481. The summed E-state index contributed by atoms with van der Waals surface area (Å²) in [6, 6.07) is 8.04. The van der Waals surface area contributed by atoms with E-state index in [0.29, 0.717) is 18.1 Å². The van der Waals surface area contributed by atoms with E-state index in [-0.39, 0.29) is 46.3 Å². The highest BCUT2D eigenvalue weighted by Crippen LogP contribution is 2.45. The summed E-state index contributed by atoms with van der Waals surface area (Å²) in [7, 11) is 0.276. The lowest BCUT2D eigenvalue weighted by atomic mass is 9.95. The molecule has 2 aromatic rings. The molecule has 1 saturated carbocycles. The third-order valence-corrected chi connectivity index (χ3v) is 9.62. The van der Waals surface area contributed by atoms with Crippen molar-refractivity contribution in [3.05, 3.63) is 59.2 Å². The number of alkyl halides is 3. The number of nitrogens with zero attached hydrogens (tertiary/aromatic N) is 2. The van der Waals surface area contributed by atoms with Gasteiger partial charge < -0.3 is 20.2 Å². The topological polar surface area (TPSA) is 107 Å². The van der Waals surface area contributed by atoms with Gasteiger partial charge >= 0.3 is 6.18 Å². The molecule has 4 rings (SSSR count). The van der Waals surface area contributed by atoms with Crippen molar-refractivity contribution in [3.63, 3.8) is 0 Å². The fourth-order valence-electron chi connectivity index (χ4n) is 4.87. The maximum atomic E-state index is 13.5. The molecule has 1 heterocycles. The highest BCUT2D eigenvalue weighted by atomic mass is 32.2. The minimum atomic E-state index is -4.89. The average molecular weight is 568 g/mol. The van der Waals surface area contributed by atoms with E-state index >= 15 is 0 Å². The first-order valence-corrected chi connectivity index (χ1v) is 14.2. The van der Waals surface area contributed by atoms with Crippen molar-refractivity contribution in [2.24, 2.45) is 0 Å². The zero-order valence-corrected chi connectivity index (χ0v) is 23.0. The molecule has 212 valence electrons. The Labute approximate surface area is 225 Å². The molecule has 0 saturated heterocycles. The first-order valence-electron chi connectivity index (χ1n) is 12.6. The Hall–Kier alpha value is -2.96. The van der Waals surface area contributed by atoms with Crippen LogP contribution in [-0.2, 0) is 31.6 Å². The predicted octanol–water partition coefficient (Wildman–Crippen LogP) is 3.76. The van der Waals surface area contributed by atoms with Crippen LogP contribution in [0, 0.1) is 0 Å². The molecule has 1 aliphatic heterocycles. The van der Waals surface area contributed by atoms with Crippen LogP contribution in [0.15, 0.2) is 47.4 Å². The zero-order chi connectivity index (χ0) is 29.0. The standard InChI is InChI=1S/C27H32F3N3O5S/c1-5-39(37,38)20-10-11-21-17(14-20)16-33(22(34)15-26(12-13-26)32(3)4)23(21)24(35)31-19-8-6-18(7-9-19)25(2,36)27(28,29)30/h6-11,14,23,36H,5,12-13,15-16H2,1-4H3,(H,31,35). The molecular formula is C27H32F3N3O5S. The maximum Gasteiger partial charge on any atom is 0.421 e. The summed E-state index contributed by atoms with van der Waals surface area (Å²) >= 11 is 0. The first kappa shape index (κ1) is 29.0. The van der Waals surface area contributed by atoms with Crippen LogP contribution in [0.3, 0.4) is 0 Å². The van der Waals surface area contributed by atoms with Gasteiger partial charge in [0, 0.05) is 24.2 Å². The van der Waals surface area contributed by atoms with Crippen molar-refractivity contribution >= 4 is 27.3 Å². The van der Waals surface area contributed by atoms with Crippen molar-refractivity contribution in [2.75, 3.05) is 25.2 Å². The molecule has 0 radical (unpaired) electrons. The molecule has 12 heteroatoms. The van der Waals surface area contributed by atoms with Crippen LogP contribution in [-0.4, -0.2) is 66.7 Å². The fourth-order valence-corrected chi connectivity index (χ4v) is 5.80. The van der Waals surface area contributed by atoms with Crippen LogP contribution in [0.4, 0.5) is 18.9 Å². The van der Waals surface area contributed by atoms with Crippen LogP contribution >= 0.6 is 0 Å². The summed E-state index contributed by atoms with van der Waals surface area (Å²) < 4.78 is 64.5. The van der Waals surface area contributed by atoms with Gasteiger partial charge in [0.2, 0.25) is 5.91 Å². The second-order valence-electron chi connectivity index (χ2n) is 10.6. The Morgan fingerprint density at radius 2 is 1.74 bits per heavy atom. The van der Waals surface area contributed by atoms with E-state index in [1.807, 2.05) is 19.0 Å². The van der Waals surface area contributed by atoms with Gasteiger partial charge in [-0.25, -0.2) is 8.42 Å². The third-order valence-electron chi connectivity index (χ3n) is 7.89. The number of hydrogen-bond acceptors (Lipinski definition) is 6. The van der Waals surface area contributed by atoms with Gasteiger partial charge in [0.05, 0.1) is 10.6 Å². The summed E-state index contributed by atoms with van der Waals surface area (Å²) in [6.45, 7) is 2.23. The minimum absolute atomic E-state index is 0.0518. The van der Waals surface area contributed by atoms with Crippen LogP contribution in [0.1, 0.15) is 55.8 Å². The summed E-state index contributed by atoms with van der Waals surface area (Å²) in [5, 5.41) is 12.6. The molecule has 1 fully saturated rings. The molecule has 2 unspecified atom stereocenters. The normalized spacial score (nSPS) is 19.9. The Morgan fingerprint density at radius 3 is 2.26 bits per heavy atom. The monoisotopic (exact) mass is 567 g/mol. The van der Waals surface area contributed by atoms with Gasteiger partial charge in [0.15, 0.2) is 15.4 Å². The molecule has 0 spiro atoms. The van der Waals surface area contributed by atoms with E-state index in [2.05, 4.69) is 5.32 Å². The van der Waals surface area contributed by atoms with Crippen LogP contribution in [0.25, 0.3) is 0 Å². The third kappa shape index (κ3) is 5.42. The molecule has 2 amide bonds. The average Bonchev–Trinajstić information content (AvgIpc) is 3.54. The van der Waals surface area contributed by atoms with Crippen molar-refractivity contribution in [2.45, 2.75) is 67.9 Å². The Morgan fingerprint density at radius 1 is 1.13 bits per heavy atom. The molecule has 2 N–H and O–H groups in total. The van der Waals surface area contributed by atoms with E-state index in [0.717, 1.165) is 25.0 Å². The van der Waals surface area contributed by atoms with Crippen molar-refractivity contribution < 1.29 is 36.3 Å². The van der Waals surface area contributed by atoms with E-state index in [1.54, 1.807) is 0 Å². The predicted molar refractivity (Wildman–Crippen MR) is 138 cm³/mol. The number of halogens is 3. The highest BCUT2D eigenvalue weighted by Gasteiger charge is 2.51. The van der Waals surface area contributed by atoms with Gasteiger partial charge in [-0.1, -0.05) is 25.1 Å². The van der Waals surface area contributed by atoms with Crippen LogP contribution < -0.4 is 5.32 Å². The summed E-state index contributed by atoms with van der Waals surface area (Å²) in [4.78, 5) is 30.5. The lowest BCUT2D eigenvalue weighted by Crippen LogP contribution is -2.41. The van der Waals surface area contributed by atoms with Gasteiger partial charge in [-0.15, -0.1) is 0 Å². The van der Waals surface area contributed by atoms with Gasteiger partial charge in [0.25, 0.3) is 5.91 Å². The van der Waals surface area contributed by atoms with E-state index in [4.69, 9.17) is 0 Å². The van der Waals surface area contributed by atoms with Crippen LogP contribution in [0.5, 0.6) is 0 Å². The molecule has 0 bridgehead atoms. The van der Waals surface area contributed by atoms with Crippen LogP contribution in [0.2, 0.25) is 0 Å². The number of anilines is 1. The number of carbonyl (C=O) groups is 2. The molecule has 2 atom stereocenters. The number of rotatable bonds is 8. The molecule has 39 heavy (non-hydrogen) atoms. The SMILES string of the molecule is CCS(=O)(=O)c1ccc2c(c1)CN(C(=O)CC1(N(C)C)CC1)C2C(=O)Nc1ccc(C(C)(O)C(F)(F)F)cc1. The number of nitrogens with one attached hydrogen (secondary N) is 1. The molecule has 8 nitrogen and oxygen atoms in total. The summed E-state index contributed by atoms with van der Waals surface area (Å²) in [5.41, 5.74) is -2.52. The second-order valence-corrected chi connectivity index (χ2v) is 12.9. The number of sulfone groups is 1. The van der Waals surface area contributed by atoms with E-state index < -0.39 is 33.6 Å². The van der Waals surface area contributed by atoms with E-state index in [9.17, 15) is 36.3 Å². The maximum absolute atomic E-state index is 13.5. The quantitative estimate of drug-likeness (QED) is 0.503. The summed E-state index contributed by atoms with van der Waals surface area (Å²) in [5.74, 6) is -0.937. The summed E-state index contributed by atoms with van der Waals surface area (Å²) in [6.07, 6.45) is -3.01. The molecule has 0 aromatic heterocycles. The highest BCUT2D eigenvalue weighted by molar-refractivity contribution is 7.91. The number of benzene rings is 2.